The van der Waals surface area contributed by atoms with E-state index >= 15 is 0 Å². The Morgan fingerprint density at radius 3 is 1.48 bits per heavy atom. The highest BCUT2D eigenvalue weighted by Crippen LogP contribution is 2.47. The van der Waals surface area contributed by atoms with Crippen LogP contribution in [0.5, 0.6) is 5.75 Å². The number of phenolic OH excluding ortho intramolecular Hbond substituents is 1. The molecule has 1 atom stereocenters. The van der Waals surface area contributed by atoms with E-state index in [0.29, 0.717) is 10.5 Å². The second-order valence-corrected chi connectivity index (χ2v) is 9.05. The lowest BCUT2D eigenvalue weighted by atomic mass is 9.77. The predicted octanol–water partition coefficient (Wildman–Crippen LogP) is 5.23. The van der Waals surface area contributed by atoms with E-state index in [1.54, 1.807) is 12.1 Å². The Bertz CT molecular complexity index is 1240. The number of phenols is 1. The van der Waals surface area contributed by atoms with Crippen molar-refractivity contribution >= 4 is 21.8 Å². The second kappa shape index (κ2) is 8.52. The molecule has 5 rings (SSSR count). The van der Waals surface area contributed by atoms with Gasteiger partial charge >= 0.3 is 0 Å². The summed E-state index contributed by atoms with van der Waals surface area (Å²) >= 11 is 0. The first-order chi connectivity index (χ1) is 16.1. The highest BCUT2D eigenvalue weighted by Gasteiger charge is 2.50. The van der Waals surface area contributed by atoms with Gasteiger partial charge in [0, 0.05) is 6.08 Å². The fourth-order valence-electron chi connectivity index (χ4n) is 4.39. The van der Waals surface area contributed by atoms with Gasteiger partial charge in [0.2, 0.25) is 0 Å². The van der Waals surface area contributed by atoms with Crippen LogP contribution in [0, 0.1) is 0 Å². The molecule has 0 radical (unpaired) electrons. The zero-order valence-corrected chi connectivity index (χ0v) is 18.5. The molecule has 1 heterocycles. The maximum Gasteiger partial charge on any atom is 0.261 e. The fraction of sp³-hybridized carbons (Fsp3) is 0.0357. The normalized spacial score (nSPS) is 16.0. The van der Waals surface area contributed by atoms with E-state index in [0.717, 1.165) is 16.7 Å². The van der Waals surface area contributed by atoms with Crippen LogP contribution in [0.2, 0.25) is 0 Å². The van der Waals surface area contributed by atoms with Crippen LogP contribution in [-0.4, -0.2) is 19.5 Å². The molecule has 1 aliphatic rings. The van der Waals surface area contributed by atoms with Crippen molar-refractivity contribution in [1.29, 1.82) is 0 Å². The Labute approximate surface area is 195 Å². The van der Waals surface area contributed by atoms with E-state index in [1.165, 1.54) is 22.5 Å². The van der Waals surface area contributed by atoms with Gasteiger partial charge in [-0.2, -0.15) is 0 Å². The first kappa shape index (κ1) is 20.9. The largest absolute Gasteiger partial charge is 0.508 e. The molecule has 0 aromatic heterocycles. The van der Waals surface area contributed by atoms with Gasteiger partial charge in [-0.1, -0.05) is 103 Å². The number of hydrogen-bond donors (Lipinski definition) is 1. The minimum atomic E-state index is -1.79. The van der Waals surface area contributed by atoms with Gasteiger partial charge in [-0.05, 0) is 34.4 Å². The molecule has 0 spiro atoms. The molecule has 4 nitrogen and oxygen atoms in total. The third kappa shape index (κ3) is 3.47. The summed E-state index contributed by atoms with van der Waals surface area (Å²) in [7, 11) is -1.79. The maximum atomic E-state index is 14.1. The van der Waals surface area contributed by atoms with Crippen molar-refractivity contribution in [3.8, 4) is 5.75 Å². The zero-order chi connectivity index (χ0) is 22.8. The van der Waals surface area contributed by atoms with Crippen LogP contribution >= 0.6 is 0 Å². The van der Waals surface area contributed by atoms with Crippen molar-refractivity contribution in [2.75, 3.05) is 0 Å². The number of amides is 1. The van der Waals surface area contributed by atoms with E-state index in [-0.39, 0.29) is 11.7 Å². The molecule has 1 aliphatic heterocycles. The molecule has 5 heteroatoms. The maximum absolute atomic E-state index is 14.1. The average Bonchev–Trinajstić information content (AvgIpc) is 3.17. The van der Waals surface area contributed by atoms with Crippen molar-refractivity contribution in [3.63, 3.8) is 0 Å². The van der Waals surface area contributed by atoms with Gasteiger partial charge in [0.1, 0.15) is 11.3 Å². The molecule has 4 aromatic carbocycles. The number of hydrogen-bond acceptors (Lipinski definition) is 3. The number of nitrogens with zero attached hydrogens (tertiary/aromatic N) is 1. The Morgan fingerprint density at radius 2 is 1.06 bits per heavy atom. The lowest BCUT2D eigenvalue weighted by molar-refractivity contribution is -0.123. The number of rotatable bonds is 5. The van der Waals surface area contributed by atoms with Gasteiger partial charge in [0.05, 0.1) is 4.91 Å². The minimum absolute atomic E-state index is 0.110. The summed E-state index contributed by atoms with van der Waals surface area (Å²) in [6.45, 7) is 0. The van der Waals surface area contributed by atoms with E-state index < -0.39 is 16.5 Å². The topological polar surface area (TPSA) is 57.6 Å². The summed E-state index contributed by atoms with van der Waals surface area (Å²) in [5.41, 5.74) is 2.03. The monoisotopic (exact) mass is 451 g/mol. The van der Waals surface area contributed by atoms with Gasteiger partial charge < -0.3 is 5.11 Å². The third-order valence-electron chi connectivity index (χ3n) is 5.84. The Kier molecular flexibility index (Phi) is 5.40. The summed E-state index contributed by atoms with van der Waals surface area (Å²) in [6, 6.07) is 35.5. The number of carbonyl (C=O) groups excluding carboxylic acids is 1. The standard InChI is InChI=1S/C28H21NO3S/c30-25-18-16-21(17-19-25)26-20-27(31)29(33(26)32)28(22-10-4-1-5-11-22,23-12-6-2-7-13-23)24-14-8-3-9-15-24/h1-20,30H. The summed E-state index contributed by atoms with van der Waals surface area (Å²) in [5, 5.41) is 9.67. The van der Waals surface area contributed by atoms with Crippen LogP contribution in [0.4, 0.5) is 0 Å². The Morgan fingerprint density at radius 1 is 0.636 bits per heavy atom. The third-order valence-corrected chi connectivity index (χ3v) is 7.36. The zero-order valence-electron chi connectivity index (χ0n) is 17.7. The molecule has 0 bridgehead atoms. The van der Waals surface area contributed by atoms with E-state index in [4.69, 9.17) is 0 Å². The summed E-state index contributed by atoms with van der Waals surface area (Å²) < 4.78 is 15.5. The molecule has 1 unspecified atom stereocenters. The average molecular weight is 452 g/mol. The lowest BCUT2D eigenvalue weighted by Gasteiger charge is -2.42. The summed E-state index contributed by atoms with van der Waals surface area (Å²) in [5.74, 6) is -0.230. The van der Waals surface area contributed by atoms with Gasteiger partial charge in [0.15, 0.2) is 11.0 Å². The molecule has 0 saturated heterocycles. The molecule has 162 valence electrons. The number of carbonyl (C=O) groups is 1. The molecule has 0 saturated carbocycles. The molecule has 4 aromatic rings. The molecule has 0 fully saturated rings. The molecule has 1 amide bonds. The van der Waals surface area contributed by atoms with Gasteiger partial charge in [0.25, 0.3) is 5.91 Å². The highest BCUT2D eigenvalue weighted by atomic mass is 32.2. The van der Waals surface area contributed by atoms with Gasteiger partial charge in [-0.3, -0.25) is 4.79 Å². The minimum Gasteiger partial charge on any atom is -0.508 e. The SMILES string of the molecule is O=C1C=C(c2ccc(O)cc2)S(=O)N1C(c1ccccc1)(c1ccccc1)c1ccccc1. The number of aromatic hydroxyl groups is 1. The fourth-order valence-corrected chi connectivity index (χ4v) is 5.91. The molecule has 1 N–H and O–H groups in total. The molecular formula is C28H21NO3S. The van der Waals surface area contributed by atoms with Crippen LogP contribution in [0.25, 0.3) is 4.91 Å². The van der Waals surface area contributed by atoms with Crippen LogP contribution in [0.1, 0.15) is 22.3 Å². The molecular weight excluding hydrogens is 430 g/mol. The molecule has 33 heavy (non-hydrogen) atoms. The number of benzene rings is 4. The van der Waals surface area contributed by atoms with Crippen LogP contribution in [0.15, 0.2) is 121 Å². The quantitative estimate of drug-likeness (QED) is 0.423. The van der Waals surface area contributed by atoms with E-state index in [9.17, 15) is 14.1 Å². The van der Waals surface area contributed by atoms with Gasteiger partial charge in [-0.15, -0.1) is 0 Å². The van der Waals surface area contributed by atoms with Crippen LogP contribution < -0.4 is 0 Å². The highest BCUT2D eigenvalue weighted by molar-refractivity contribution is 7.93. The van der Waals surface area contributed by atoms with E-state index in [2.05, 4.69) is 0 Å². The Balaban J connectivity index is 1.78. The van der Waals surface area contributed by atoms with Crippen molar-refractivity contribution in [3.05, 3.63) is 144 Å². The summed E-state index contributed by atoms with van der Waals surface area (Å²) in [4.78, 5) is 14.0. The van der Waals surface area contributed by atoms with Gasteiger partial charge in [-0.25, -0.2) is 8.51 Å². The first-order valence-electron chi connectivity index (χ1n) is 10.6. The lowest BCUT2D eigenvalue weighted by Crippen LogP contribution is -2.49. The van der Waals surface area contributed by atoms with Crippen LogP contribution in [-0.2, 0) is 21.3 Å². The van der Waals surface area contributed by atoms with E-state index in [1.807, 2.05) is 91.0 Å². The summed E-state index contributed by atoms with van der Waals surface area (Å²) in [6.07, 6.45) is 1.44. The predicted molar refractivity (Wildman–Crippen MR) is 130 cm³/mol. The van der Waals surface area contributed by atoms with Crippen molar-refractivity contribution in [2.45, 2.75) is 5.54 Å². The van der Waals surface area contributed by atoms with Crippen molar-refractivity contribution in [1.82, 2.24) is 4.31 Å². The molecule has 0 aliphatic carbocycles. The second-order valence-electron chi connectivity index (χ2n) is 7.75. The first-order valence-corrected chi connectivity index (χ1v) is 11.7. The van der Waals surface area contributed by atoms with Crippen molar-refractivity contribution < 1.29 is 14.1 Å². The van der Waals surface area contributed by atoms with Crippen molar-refractivity contribution in [2.24, 2.45) is 0 Å². The van der Waals surface area contributed by atoms with Crippen LogP contribution in [0.3, 0.4) is 0 Å². The Hall–Kier alpha value is -3.96. The smallest absolute Gasteiger partial charge is 0.261 e.